The third kappa shape index (κ3) is 2.63. The third-order valence-electron chi connectivity index (χ3n) is 2.51. The van der Waals surface area contributed by atoms with Crippen molar-refractivity contribution in [3.8, 4) is 0 Å². The molecule has 1 saturated heterocycles. The number of carbonyl (C=O) groups is 2. The molecule has 1 aromatic carbocycles. The summed E-state index contributed by atoms with van der Waals surface area (Å²) in [6.45, 7) is 0.414. The maximum absolute atomic E-state index is 13.2. The van der Waals surface area contributed by atoms with Crippen molar-refractivity contribution >= 4 is 27.7 Å². The summed E-state index contributed by atoms with van der Waals surface area (Å²) in [5.74, 6) is -0.968. The second kappa shape index (κ2) is 4.83. The zero-order valence-corrected chi connectivity index (χ0v) is 10.4. The Kier molecular flexibility index (Phi) is 3.42. The van der Waals surface area contributed by atoms with E-state index in [0.717, 1.165) is 0 Å². The van der Waals surface area contributed by atoms with Crippen molar-refractivity contribution in [1.82, 2.24) is 10.6 Å². The van der Waals surface area contributed by atoms with E-state index in [1.165, 1.54) is 18.2 Å². The summed E-state index contributed by atoms with van der Waals surface area (Å²) in [4.78, 5) is 22.8. The number of halogens is 2. The fraction of sp³-hybridized carbons (Fsp3) is 0.273. The number of rotatable bonds is 2. The third-order valence-corrected chi connectivity index (χ3v) is 3.31. The van der Waals surface area contributed by atoms with Gasteiger partial charge in [0, 0.05) is 13.0 Å². The van der Waals surface area contributed by atoms with E-state index in [1.54, 1.807) is 0 Å². The van der Waals surface area contributed by atoms with Crippen LogP contribution in [0.3, 0.4) is 0 Å². The van der Waals surface area contributed by atoms with Gasteiger partial charge in [-0.2, -0.15) is 0 Å². The highest BCUT2D eigenvalue weighted by Crippen LogP contribution is 2.20. The van der Waals surface area contributed by atoms with E-state index >= 15 is 0 Å². The van der Waals surface area contributed by atoms with Crippen molar-refractivity contribution in [2.45, 2.75) is 12.5 Å². The standard InChI is InChI=1S/C11H10BrFN2O2/c12-10-7(2-1-3-8(10)13)11(17)15-6-4-9(16)14-5-6/h1-3,6H,4-5H2,(H,14,16)(H,15,17). The maximum Gasteiger partial charge on any atom is 0.252 e. The number of nitrogens with one attached hydrogen (secondary N) is 2. The van der Waals surface area contributed by atoms with Gasteiger partial charge in [-0.15, -0.1) is 0 Å². The van der Waals surface area contributed by atoms with Crippen molar-refractivity contribution in [3.05, 3.63) is 34.1 Å². The topological polar surface area (TPSA) is 58.2 Å². The minimum Gasteiger partial charge on any atom is -0.354 e. The van der Waals surface area contributed by atoms with Gasteiger partial charge >= 0.3 is 0 Å². The van der Waals surface area contributed by atoms with Crippen LogP contribution in [0.1, 0.15) is 16.8 Å². The van der Waals surface area contributed by atoms with Crippen LogP contribution in [0.25, 0.3) is 0 Å². The predicted molar refractivity (Wildman–Crippen MR) is 63.0 cm³/mol. The van der Waals surface area contributed by atoms with Crippen LogP contribution in [0, 0.1) is 5.82 Å². The molecule has 0 radical (unpaired) electrons. The van der Waals surface area contributed by atoms with Crippen LogP contribution < -0.4 is 10.6 Å². The molecule has 2 N–H and O–H groups in total. The zero-order chi connectivity index (χ0) is 12.4. The van der Waals surface area contributed by atoms with E-state index in [1.807, 2.05) is 0 Å². The van der Waals surface area contributed by atoms with Crippen molar-refractivity contribution in [1.29, 1.82) is 0 Å². The molecule has 6 heteroatoms. The van der Waals surface area contributed by atoms with Crippen LogP contribution in [-0.2, 0) is 4.79 Å². The van der Waals surface area contributed by atoms with Gasteiger partial charge in [-0.3, -0.25) is 9.59 Å². The van der Waals surface area contributed by atoms with E-state index in [-0.39, 0.29) is 28.4 Å². The summed E-state index contributed by atoms with van der Waals surface area (Å²) in [5.41, 5.74) is 0.226. The van der Waals surface area contributed by atoms with Gasteiger partial charge < -0.3 is 10.6 Å². The summed E-state index contributed by atoms with van der Waals surface area (Å²) in [5, 5.41) is 5.29. The number of carbonyl (C=O) groups excluding carboxylic acids is 2. The maximum atomic E-state index is 13.2. The second-order valence-electron chi connectivity index (χ2n) is 3.78. The minimum absolute atomic E-state index is 0.0893. The van der Waals surface area contributed by atoms with Crippen LogP contribution in [0.5, 0.6) is 0 Å². The van der Waals surface area contributed by atoms with E-state index < -0.39 is 11.7 Å². The number of hydrogen-bond donors (Lipinski definition) is 2. The number of amides is 2. The van der Waals surface area contributed by atoms with Crippen molar-refractivity contribution < 1.29 is 14.0 Å². The second-order valence-corrected chi connectivity index (χ2v) is 4.57. The first-order valence-electron chi connectivity index (χ1n) is 5.09. The predicted octanol–water partition coefficient (Wildman–Crippen LogP) is 1.21. The van der Waals surface area contributed by atoms with Crippen LogP contribution in [0.15, 0.2) is 22.7 Å². The van der Waals surface area contributed by atoms with Gasteiger partial charge in [0.05, 0.1) is 16.1 Å². The van der Waals surface area contributed by atoms with Gasteiger partial charge in [-0.25, -0.2) is 4.39 Å². The number of hydrogen-bond acceptors (Lipinski definition) is 2. The lowest BCUT2D eigenvalue weighted by Gasteiger charge is -2.11. The first-order chi connectivity index (χ1) is 8.08. The molecule has 1 aliphatic heterocycles. The zero-order valence-electron chi connectivity index (χ0n) is 8.80. The lowest BCUT2D eigenvalue weighted by atomic mass is 10.2. The van der Waals surface area contributed by atoms with E-state index in [2.05, 4.69) is 26.6 Å². The van der Waals surface area contributed by atoms with Crippen molar-refractivity contribution in [2.75, 3.05) is 6.54 Å². The highest BCUT2D eigenvalue weighted by Gasteiger charge is 2.24. The molecular formula is C11H10BrFN2O2. The summed E-state index contributed by atoms with van der Waals surface area (Å²) in [6.07, 6.45) is 0.263. The Balaban J connectivity index is 2.09. The van der Waals surface area contributed by atoms with E-state index in [0.29, 0.717) is 6.54 Å². The molecule has 1 aromatic rings. The Morgan fingerprint density at radius 3 is 2.94 bits per heavy atom. The summed E-state index contributed by atoms with van der Waals surface area (Å²) in [7, 11) is 0. The molecule has 1 unspecified atom stereocenters. The van der Waals surface area contributed by atoms with Crippen LogP contribution in [-0.4, -0.2) is 24.4 Å². The fourth-order valence-electron chi connectivity index (χ4n) is 1.65. The molecule has 0 aromatic heterocycles. The lowest BCUT2D eigenvalue weighted by Crippen LogP contribution is -2.36. The Bertz CT molecular complexity index is 479. The molecule has 1 heterocycles. The Hall–Kier alpha value is -1.43. The molecule has 0 aliphatic carbocycles. The quantitative estimate of drug-likeness (QED) is 0.862. The highest BCUT2D eigenvalue weighted by atomic mass is 79.9. The summed E-state index contributed by atoms with van der Waals surface area (Å²) in [6, 6.07) is 4.02. The molecule has 2 rings (SSSR count). The van der Waals surface area contributed by atoms with Crippen molar-refractivity contribution in [2.24, 2.45) is 0 Å². The van der Waals surface area contributed by atoms with Gasteiger partial charge in [-0.05, 0) is 28.1 Å². The fourth-order valence-corrected chi connectivity index (χ4v) is 2.09. The van der Waals surface area contributed by atoms with Gasteiger partial charge in [0.15, 0.2) is 0 Å². The summed E-state index contributed by atoms with van der Waals surface area (Å²) < 4.78 is 13.4. The average molecular weight is 301 g/mol. The molecule has 1 atom stereocenters. The van der Waals surface area contributed by atoms with E-state index in [9.17, 15) is 14.0 Å². The Labute approximate surface area is 106 Å². The Morgan fingerprint density at radius 2 is 2.29 bits per heavy atom. The van der Waals surface area contributed by atoms with Gasteiger partial charge in [-0.1, -0.05) is 6.07 Å². The van der Waals surface area contributed by atoms with E-state index in [4.69, 9.17) is 0 Å². The smallest absolute Gasteiger partial charge is 0.252 e. The molecule has 0 spiro atoms. The van der Waals surface area contributed by atoms with Gasteiger partial charge in [0.2, 0.25) is 5.91 Å². The molecule has 17 heavy (non-hydrogen) atoms. The van der Waals surface area contributed by atoms with Crippen molar-refractivity contribution in [3.63, 3.8) is 0 Å². The first kappa shape index (κ1) is 12.0. The van der Waals surface area contributed by atoms with Crippen LogP contribution in [0.2, 0.25) is 0 Å². The first-order valence-corrected chi connectivity index (χ1v) is 5.89. The number of benzene rings is 1. The minimum atomic E-state index is -0.488. The molecule has 0 saturated carbocycles. The Morgan fingerprint density at radius 1 is 1.53 bits per heavy atom. The molecule has 2 amide bonds. The van der Waals surface area contributed by atoms with Crippen LogP contribution in [0.4, 0.5) is 4.39 Å². The molecular weight excluding hydrogens is 291 g/mol. The lowest BCUT2D eigenvalue weighted by molar-refractivity contribution is -0.119. The van der Waals surface area contributed by atoms with Crippen LogP contribution >= 0.6 is 15.9 Å². The molecule has 4 nitrogen and oxygen atoms in total. The monoisotopic (exact) mass is 300 g/mol. The SMILES string of the molecule is O=C1CC(NC(=O)c2cccc(F)c2Br)CN1. The summed E-state index contributed by atoms with van der Waals surface area (Å²) >= 11 is 3.02. The molecule has 1 fully saturated rings. The average Bonchev–Trinajstić information content (AvgIpc) is 2.68. The molecule has 90 valence electrons. The van der Waals surface area contributed by atoms with Gasteiger partial charge in [0.25, 0.3) is 5.91 Å². The molecule has 0 bridgehead atoms. The normalized spacial score (nSPS) is 18.9. The molecule has 1 aliphatic rings. The van der Waals surface area contributed by atoms with Gasteiger partial charge in [0.1, 0.15) is 5.82 Å². The highest BCUT2D eigenvalue weighted by molar-refractivity contribution is 9.10. The largest absolute Gasteiger partial charge is 0.354 e.